The fraction of sp³-hybridized carbons (Fsp3) is 0.364. The van der Waals surface area contributed by atoms with Crippen LogP contribution < -0.4 is 10.1 Å². The molecule has 0 aliphatic carbocycles. The second kappa shape index (κ2) is 8.13. The number of fused-ring (bicyclic) bond motifs is 1. The Morgan fingerprint density at radius 3 is 2.65 bits per heavy atom. The van der Waals surface area contributed by atoms with Gasteiger partial charge in [-0.1, -0.05) is 0 Å². The molecule has 31 heavy (non-hydrogen) atoms. The van der Waals surface area contributed by atoms with Gasteiger partial charge >= 0.3 is 12.2 Å². The number of urea groups is 1. The quantitative estimate of drug-likeness (QED) is 0.660. The zero-order chi connectivity index (χ0) is 22.2. The van der Waals surface area contributed by atoms with Gasteiger partial charge in [-0.2, -0.15) is 13.2 Å². The molecular formula is C22H23F3N4O2. The summed E-state index contributed by atoms with van der Waals surface area (Å²) in [5.74, 6) is 0.535. The van der Waals surface area contributed by atoms with E-state index in [0.717, 1.165) is 34.3 Å². The fourth-order valence-corrected chi connectivity index (χ4v) is 3.67. The topological polar surface area (TPSA) is 59.4 Å². The third-order valence-corrected chi connectivity index (χ3v) is 5.42. The molecule has 2 amide bonds. The lowest BCUT2D eigenvalue weighted by Crippen LogP contribution is -2.55. The summed E-state index contributed by atoms with van der Waals surface area (Å²) < 4.78 is 45.3. The van der Waals surface area contributed by atoms with Crippen molar-refractivity contribution in [2.75, 3.05) is 19.7 Å². The summed E-state index contributed by atoms with van der Waals surface area (Å²) in [6.07, 6.45) is -0.575. The average Bonchev–Trinajstić information content (AvgIpc) is 2.98. The Labute approximate surface area is 177 Å². The first-order valence-corrected chi connectivity index (χ1v) is 9.94. The predicted octanol–water partition coefficient (Wildman–Crippen LogP) is 4.12. The second-order valence-electron chi connectivity index (χ2n) is 7.90. The monoisotopic (exact) mass is 432 g/mol. The maximum atomic E-state index is 12.6. The Morgan fingerprint density at radius 2 is 1.97 bits per heavy atom. The number of hydrogen-bond acceptors (Lipinski definition) is 3. The zero-order valence-corrected chi connectivity index (χ0v) is 17.2. The summed E-state index contributed by atoms with van der Waals surface area (Å²) in [5, 5.41) is 3.97. The largest absolute Gasteiger partial charge is 0.493 e. The van der Waals surface area contributed by atoms with Gasteiger partial charge in [0.15, 0.2) is 0 Å². The van der Waals surface area contributed by atoms with Crippen molar-refractivity contribution < 1.29 is 22.7 Å². The first-order valence-electron chi connectivity index (χ1n) is 9.94. The Kier molecular flexibility index (Phi) is 5.51. The van der Waals surface area contributed by atoms with Crippen molar-refractivity contribution >= 4 is 17.1 Å². The lowest BCUT2D eigenvalue weighted by Gasteiger charge is -2.38. The van der Waals surface area contributed by atoms with Crippen molar-refractivity contribution in [1.29, 1.82) is 0 Å². The highest BCUT2D eigenvalue weighted by Crippen LogP contribution is 2.30. The number of ether oxygens (including phenoxy) is 1. The number of carbonyl (C=O) groups is 1. The van der Waals surface area contributed by atoms with Crippen LogP contribution in [0.4, 0.5) is 18.0 Å². The van der Waals surface area contributed by atoms with E-state index in [-0.39, 0.29) is 11.9 Å². The molecule has 4 rings (SSSR count). The van der Waals surface area contributed by atoms with Crippen molar-refractivity contribution in [3.05, 3.63) is 59.4 Å². The maximum Gasteiger partial charge on any atom is 0.416 e. The molecule has 0 atom stereocenters. The summed E-state index contributed by atoms with van der Waals surface area (Å²) >= 11 is 0. The minimum Gasteiger partial charge on any atom is -0.493 e. The minimum atomic E-state index is -4.36. The van der Waals surface area contributed by atoms with Gasteiger partial charge in [-0.05, 0) is 48.4 Å². The van der Waals surface area contributed by atoms with Gasteiger partial charge in [0.1, 0.15) is 11.4 Å². The normalized spacial score (nSPS) is 14.5. The minimum absolute atomic E-state index is 0.151. The van der Waals surface area contributed by atoms with Gasteiger partial charge in [0, 0.05) is 50.4 Å². The van der Waals surface area contributed by atoms with Crippen molar-refractivity contribution in [2.24, 2.45) is 13.0 Å². The number of hydrogen-bond donors (Lipinski definition) is 1. The molecule has 3 aromatic rings. The number of aryl methyl sites for hydroxylation is 2. The third kappa shape index (κ3) is 4.60. The molecule has 1 aliphatic heterocycles. The molecule has 1 N–H and O–H groups in total. The molecule has 1 aliphatic rings. The van der Waals surface area contributed by atoms with Crippen LogP contribution >= 0.6 is 0 Å². The van der Waals surface area contributed by atoms with Crippen LogP contribution in [0.25, 0.3) is 11.0 Å². The van der Waals surface area contributed by atoms with Gasteiger partial charge in [0.2, 0.25) is 0 Å². The SMILES string of the molecule is Cc1cn(C)c2ncc(CNC(=O)N3CC(COc4ccc(C(F)(F)F)cc4)C3)cc12. The van der Waals surface area contributed by atoms with E-state index in [2.05, 4.69) is 10.3 Å². The Hall–Kier alpha value is -3.23. The number of pyridine rings is 1. The van der Waals surface area contributed by atoms with Crippen molar-refractivity contribution in [2.45, 2.75) is 19.6 Å². The number of alkyl halides is 3. The Balaban J connectivity index is 1.21. The van der Waals surface area contributed by atoms with E-state index in [1.807, 2.05) is 30.8 Å². The van der Waals surface area contributed by atoms with Gasteiger partial charge in [-0.15, -0.1) is 0 Å². The number of amides is 2. The molecule has 9 heteroatoms. The van der Waals surface area contributed by atoms with E-state index in [4.69, 9.17) is 4.74 Å². The number of rotatable bonds is 5. The van der Waals surface area contributed by atoms with Gasteiger partial charge in [-0.25, -0.2) is 9.78 Å². The molecule has 0 spiro atoms. The summed E-state index contributed by atoms with van der Waals surface area (Å²) in [4.78, 5) is 18.5. The van der Waals surface area contributed by atoms with Crippen LogP contribution in [0, 0.1) is 12.8 Å². The predicted molar refractivity (Wildman–Crippen MR) is 110 cm³/mol. The van der Waals surface area contributed by atoms with Gasteiger partial charge in [0.05, 0.1) is 12.2 Å². The number of aromatic nitrogens is 2. The summed E-state index contributed by atoms with van der Waals surface area (Å²) in [7, 11) is 1.95. The molecule has 0 unspecified atom stereocenters. The molecule has 0 radical (unpaired) electrons. The van der Waals surface area contributed by atoms with Crippen LogP contribution in [-0.2, 0) is 19.8 Å². The zero-order valence-electron chi connectivity index (χ0n) is 17.2. The molecule has 0 saturated carbocycles. The van der Waals surface area contributed by atoms with Crippen molar-refractivity contribution in [3.63, 3.8) is 0 Å². The lowest BCUT2D eigenvalue weighted by atomic mass is 10.0. The number of likely N-dealkylation sites (tertiary alicyclic amines) is 1. The van der Waals surface area contributed by atoms with Crippen LogP contribution in [0.2, 0.25) is 0 Å². The fourth-order valence-electron chi connectivity index (χ4n) is 3.67. The molecular weight excluding hydrogens is 409 g/mol. The summed E-state index contributed by atoms with van der Waals surface area (Å²) in [6.45, 7) is 3.85. The number of nitrogens with zero attached hydrogens (tertiary/aromatic N) is 3. The van der Waals surface area contributed by atoms with E-state index < -0.39 is 11.7 Å². The second-order valence-corrected chi connectivity index (χ2v) is 7.90. The van der Waals surface area contributed by atoms with Crippen LogP contribution in [-0.4, -0.2) is 40.2 Å². The first kappa shape index (κ1) is 21.0. The maximum absolute atomic E-state index is 12.6. The van der Waals surface area contributed by atoms with Crippen LogP contribution in [0.5, 0.6) is 5.75 Å². The summed E-state index contributed by atoms with van der Waals surface area (Å²) in [5.41, 5.74) is 2.27. The third-order valence-electron chi connectivity index (χ3n) is 5.42. The van der Waals surface area contributed by atoms with Crippen LogP contribution in [0.1, 0.15) is 16.7 Å². The molecule has 1 saturated heterocycles. The van der Waals surface area contributed by atoms with Gasteiger partial charge in [0.25, 0.3) is 0 Å². The molecule has 0 bridgehead atoms. The van der Waals surface area contributed by atoms with E-state index in [9.17, 15) is 18.0 Å². The first-order chi connectivity index (χ1) is 14.7. The van der Waals surface area contributed by atoms with E-state index >= 15 is 0 Å². The van der Waals surface area contributed by atoms with E-state index in [1.54, 1.807) is 11.1 Å². The molecule has 2 aromatic heterocycles. The van der Waals surface area contributed by atoms with Crippen LogP contribution in [0.3, 0.4) is 0 Å². The Bertz CT molecular complexity index is 1090. The van der Waals surface area contributed by atoms with Crippen LogP contribution in [0.15, 0.2) is 42.7 Å². The molecule has 1 aromatic carbocycles. The van der Waals surface area contributed by atoms with Crippen molar-refractivity contribution in [3.8, 4) is 5.75 Å². The van der Waals surface area contributed by atoms with Gasteiger partial charge in [-0.3, -0.25) is 0 Å². The van der Waals surface area contributed by atoms with E-state index in [0.29, 0.717) is 32.0 Å². The molecule has 164 valence electrons. The highest BCUT2D eigenvalue weighted by molar-refractivity contribution is 5.81. The molecule has 6 nitrogen and oxygen atoms in total. The Morgan fingerprint density at radius 1 is 1.26 bits per heavy atom. The smallest absolute Gasteiger partial charge is 0.416 e. The summed E-state index contributed by atoms with van der Waals surface area (Å²) in [6, 6.07) is 6.50. The number of benzene rings is 1. The molecule has 3 heterocycles. The standard InChI is InChI=1S/C22H23F3N4O2/c1-14-10-28(2)20-19(14)7-15(8-26-20)9-27-21(30)29-11-16(12-29)13-31-18-5-3-17(4-6-18)22(23,24)25/h3-8,10,16H,9,11-13H2,1-2H3,(H,27,30). The highest BCUT2D eigenvalue weighted by Gasteiger charge is 2.32. The average molecular weight is 432 g/mol. The number of nitrogens with one attached hydrogen (secondary N) is 1. The number of carbonyl (C=O) groups excluding carboxylic acids is 1. The molecule has 1 fully saturated rings. The van der Waals surface area contributed by atoms with Gasteiger partial charge < -0.3 is 19.5 Å². The lowest BCUT2D eigenvalue weighted by molar-refractivity contribution is -0.137. The van der Waals surface area contributed by atoms with Crippen molar-refractivity contribution in [1.82, 2.24) is 19.8 Å². The number of halogens is 3. The highest BCUT2D eigenvalue weighted by atomic mass is 19.4. The van der Waals surface area contributed by atoms with E-state index in [1.165, 1.54) is 12.1 Å².